The summed E-state index contributed by atoms with van der Waals surface area (Å²) in [4.78, 5) is 26.4. The van der Waals surface area contributed by atoms with Gasteiger partial charge in [0.25, 0.3) is 5.91 Å². The molecule has 0 saturated heterocycles. The molecule has 1 amide bonds. The Labute approximate surface area is 189 Å². The number of rotatable bonds is 5. The van der Waals surface area contributed by atoms with Crippen molar-refractivity contribution in [1.29, 1.82) is 0 Å². The molecule has 0 fully saturated rings. The number of amides is 1. The lowest BCUT2D eigenvalue weighted by molar-refractivity contribution is -0.118. The first-order valence-electron chi connectivity index (χ1n) is 10.7. The molecule has 2 aromatic rings. The van der Waals surface area contributed by atoms with E-state index in [1.54, 1.807) is 0 Å². The maximum Gasteiger partial charge on any atom is 0.341 e. The molecule has 31 heavy (non-hydrogen) atoms. The number of hydrogen-bond donors (Lipinski definition) is 1. The second-order valence-corrected chi connectivity index (χ2v) is 10.6. The number of methoxy groups -OCH3 is 1. The fourth-order valence-corrected chi connectivity index (χ4v) is 5.51. The highest BCUT2D eigenvalue weighted by molar-refractivity contribution is 7.17. The average Bonchev–Trinajstić information content (AvgIpc) is 3.06. The quantitative estimate of drug-likeness (QED) is 0.609. The third-order valence-electron chi connectivity index (χ3n) is 6.35. The number of benzene rings is 1. The summed E-state index contributed by atoms with van der Waals surface area (Å²) in [6.07, 6.45) is 2.77. The Kier molecular flexibility index (Phi) is 6.79. The Morgan fingerprint density at radius 3 is 2.48 bits per heavy atom. The summed E-state index contributed by atoms with van der Waals surface area (Å²) in [5.41, 5.74) is 4.88. The van der Waals surface area contributed by atoms with Crippen molar-refractivity contribution in [2.24, 2.45) is 11.3 Å². The number of hydrogen-bond acceptors (Lipinski definition) is 5. The lowest BCUT2D eigenvalue weighted by Crippen LogP contribution is -2.26. The molecule has 0 saturated carbocycles. The summed E-state index contributed by atoms with van der Waals surface area (Å²) in [7, 11) is 1.38. The molecule has 0 bridgehead atoms. The Morgan fingerprint density at radius 1 is 1.16 bits per heavy atom. The molecule has 1 atom stereocenters. The molecule has 1 N–H and O–H groups in total. The molecule has 0 spiro atoms. The zero-order chi connectivity index (χ0) is 22.9. The monoisotopic (exact) mass is 443 g/mol. The highest BCUT2D eigenvalue weighted by Crippen LogP contribution is 2.44. The second-order valence-electron chi connectivity index (χ2n) is 9.50. The van der Waals surface area contributed by atoms with Gasteiger partial charge in [-0.1, -0.05) is 32.9 Å². The Morgan fingerprint density at radius 2 is 1.84 bits per heavy atom. The molecule has 0 aliphatic heterocycles. The van der Waals surface area contributed by atoms with Gasteiger partial charge < -0.3 is 14.8 Å². The van der Waals surface area contributed by atoms with Crippen LogP contribution < -0.4 is 10.1 Å². The normalized spacial score (nSPS) is 15.9. The number of carbonyl (C=O) groups excluding carboxylic acids is 2. The maximum atomic E-state index is 12.7. The molecule has 5 nitrogen and oxygen atoms in total. The summed E-state index contributed by atoms with van der Waals surface area (Å²) >= 11 is 1.50. The van der Waals surface area contributed by atoms with Gasteiger partial charge in [0, 0.05) is 4.88 Å². The predicted octanol–water partition coefficient (Wildman–Crippen LogP) is 5.63. The third kappa shape index (κ3) is 4.95. The number of carbonyl (C=O) groups is 2. The van der Waals surface area contributed by atoms with Gasteiger partial charge in [0.1, 0.15) is 10.8 Å². The molecule has 1 heterocycles. The molecule has 1 aromatic carbocycles. The van der Waals surface area contributed by atoms with Gasteiger partial charge in [-0.15, -0.1) is 11.3 Å². The number of anilines is 1. The van der Waals surface area contributed by atoms with Gasteiger partial charge in [0.05, 0.1) is 12.7 Å². The molecule has 1 aliphatic rings. The van der Waals surface area contributed by atoms with Gasteiger partial charge in [-0.05, 0) is 73.6 Å². The van der Waals surface area contributed by atoms with Gasteiger partial charge in [-0.25, -0.2) is 4.79 Å². The van der Waals surface area contributed by atoms with Gasteiger partial charge in [-0.2, -0.15) is 0 Å². The van der Waals surface area contributed by atoms with Crippen LogP contribution in [0, 0.1) is 32.1 Å². The van der Waals surface area contributed by atoms with Crippen molar-refractivity contribution in [2.45, 2.75) is 60.8 Å². The van der Waals surface area contributed by atoms with Crippen LogP contribution >= 0.6 is 11.3 Å². The molecule has 3 rings (SSSR count). The van der Waals surface area contributed by atoms with Gasteiger partial charge in [0.2, 0.25) is 0 Å². The van der Waals surface area contributed by atoms with Gasteiger partial charge >= 0.3 is 5.97 Å². The van der Waals surface area contributed by atoms with E-state index in [-0.39, 0.29) is 17.9 Å². The Balaban J connectivity index is 1.80. The Hall–Kier alpha value is -2.34. The van der Waals surface area contributed by atoms with Gasteiger partial charge in [-0.3, -0.25) is 4.79 Å². The van der Waals surface area contributed by atoms with Crippen LogP contribution in [0.15, 0.2) is 12.1 Å². The highest BCUT2D eigenvalue weighted by Gasteiger charge is 2.34. The number of fused-ring (bicyclic) bond motifs is 1. The van der Waals surface area contributed by atoms with Crippen molar-refractivity contribution in [3.8, 4) is 5.75 Å². The molecular formula is C25H33NO4S. The zero-order valence-electron chi connectivity index (χ0n) is 19.6. The van der Waals surface area contributed by atoms with Crippen molar-refractivity contribution in [1.82, 2.24) is 0 Å². The van der Waals surface area contributed by atoms with E-state index >= 15 is 0 Å². The summed E-state index contributed by atoms with van der Waals surface area (Å²) in [5, 5.41) is 3.48. The first-order chi connectivity index (χ1) is 14.5. The highest BCUT2D eigenvalue weighted by atomic mass is 32.1. The van der Waals surface area contributed by atoms with Crippen LogP contribution in [0.1, 0.15) is 64.7 Å². The van der Waals surface area contributed by atoms with Crippen LogP contribution in [0.5, 0.6) is 5.75 Å². The van der Waals surface area contributed by atoms with Crippen molar-refractivity contribution >= 4 is 28.2 Å². The molecule has 1 aromatic heterocycles. The molecular weight excluding hydrogens is 410 g/mol. The minimum Gasteiger partial charge on any atom is -0.483 e. The number of esters is 1. The zero-order valence-corrected chi connectivity index (χ0v) is 20.4. The maximum absolute atomic E-state index is 12.7. The van der Waals surface area contributed by atoms with Crippen LogP contribution in [-0.4, -0.2) is 25.6 Å². The lowest BCUT2D eigenvalue weighted by Gasteiger charge is -2.33. The van der Waals surface area contributed by atoms with Crippen LogP contribution in [0.25, 0.3) is 0 Å². The fourth-order valence-electron chi connectivity index (χ4n) is 4.18. The number of nitrogens with one attached hydrogen (secondary N) is 1. The topological polar surface area (TPSA) is 64.6 Å². The molecule has 6 heteroatoms. The van der Waals surface area contributed by atoms with Crippen LogP contribution in [0.2, 0.25) is 0 Å². The molecule has 1 unspecified atom stereocenters. The Bertz CT molecular complexity index is 1000. The summed E-state index contributed by atoms with van der Waals surface area (Å²) in [6.45, 7) is 12.6. The van der Waals surface area contributed by atoms with E-state index in [0.717, 1.165) is 47.3 Å². The first kappa shape index (κ1) is 23.3. The van der Waals surface area contributed by atoms with E-state index < -0.39 is 5.97 Å². The predicted molar refractivity (Wildman–Crippen MR) is 125 cm³/mol. The van der Waals surface area contributed by atoms with E-state index in [9.17, 15) is 9.59 Å². The van der Waals surface area contributed by atoms with E-state index in [1.807, 2.05) is 32.9 Å². The average molecular weight is 444 g/mol. The first-order valence-corrected chi connectivity index (χ1v) is 11.6. The van der Waals surface area contributed by atoms with Crippen molar-refractivity contribution in [2.75, 3.05) is 19.0 Å². The number of aryl methyl sites for hydroxylation is 2. The van der Waals surface area contributed by atoms with Crippen molar-refractivity contribution < 1.29 is 19.1 Å². The molecule has 1 aliphatic carbocycles. The third-order valence-corrected chi connectivity index (χ3v) is 7.52. The van der Waals surface area contributed by atoms with Crippen LogP contribution in [-0.2, 0) is 22.4 Å². The summed E-state index contributed by atoms with van der Waals surface area (Å²) in [6, 6.07) is 4.03. The number of thiophene rings is 1. The lowest BCUT2D eigenvalue weighted by atomic mass is 9.72. The largest absolute Gasteiger partial charge is 0.483 e. The van der Waals surface area contributed by atoms with E-state index in [0.29, 0.717) is 16.5 Å². The minimum atomic E-state index is -0.395. The van der Waals surface area contributed by atoms with Crippen molar-refractivity contribution in [3.63, 3.8) is 0 Å². The summed E-state index contributed by atoms with van der Waals surface area (Å²) in [5.74, 6) is 0.606. The van der Waals surface area contributed by atoms with Crippen LogP contribution in [0.3, 0.4) is 0 Å². The SMILES string of the molecule is COC(=O)c1c(NC(=O)COc2c(C)ccc(C)c2C)sc2c1CCC(C(C)(C)C)C2. The standard InChI is InChI=1S/C25H33NO4S/c1-14-8-9-15(2)22(16(14)3)30-13-20(27)26-23-21(24(28)29-7)18-11-10-17(25(4,5)6)12-19(18)31-23/h8-9,17H,10-13H2,1-7H3,(H,26,27). The molecule has 168 valence electrons. The smallest absolute Gasteiger partial charge is 0.341 e. The number of ether oxygens (including phenoxy) is 2. The minimum absolute atomic E-state index is 0.112. The van der Waals surface area contributed by atoms with Crippen LogP contribution in [0.4, 0.5) is 5.00 Å². The molecule has 0 radical (unpaired) electrons. The van der Waals surface area contributed by atoms with E-state index in [4.69, 9.17) is 9.47 Å². The van der Waals surface area contributed by atoms with E-state index in [1.165, 1.54) is 23.3 Å². The fraction of sp³-hybridized carbons (Fsp3) is 0.520. The van der Waals surface area contributed by atoms with Gasteiger partial charge in [0.15, 0.2) is 6.61 Å². The summed E-state index contributed by atoms with van der Waals surface area (Å²) < 4.78 is 10.9. The van der Waals surface area contributed by atoms with Crippen molar-refractivity contribution in [3.05, 3.63) is 44.8 Å². The van der Waals surface area contributed by atoms with E-state index in [2.05, 4.69) is 26.1 Å². The second kappa shape index (κ2) is 9.03.